The number of nitrogens with two attached hydrogens (primary N) is 1. The number of pyridine rings is 2. The minimum Gasteiger partial charge on any atom is -0.398 e. The summed E-state index contributed by atoms with van der Waals surface area (Å²) in [5.41, 5.74) is 7.12. The second-order valence-corrected chi connectivity index (χ2v) is 10.1. The van der Waals surface area contributed by atoms with Gasteiger partial charge in [0, 0.05) is 54.6 Å². The van der Waals surface area contributed by atoms with E-state index in [-0.39, 0.29) is 5.24 Å². The van der Waals surface area contributed by atoms with Gasteiger partial charge in [0.2, 0.25) is 11.8 Å². The summed E-state index contributed by atoms with van der Waals surface area (Å²) in [5, 5.41) is 2.28. The molecule has 4 rings (SSSR count). The minimum absolute atomic E-state index is 0.0302. The van der Waals surface area contributed by atoms with E-state index in [4.69, 9.17) is 27.4 Å². The van der Waals surface area contributed by atoms with E-state index in [0.717, 1.165) is 29.3 Å². The van der Waals surface area contributed by atoms with E-state index in [2.05, 4.69) is 96.1 Å². The Bertz CT molecular complexity index is 1240. The maximum absolute atomic E-state index is 5.59. The van der Waals surface area contributed by atoms with Crippen molar-refractivity contribution < 1.29 is 9.47 Å². The van der Waals surface area contributed by atoms with Crippen LogP contribution in [0.4, 0.5) is 11.4 Å². The minimum atomic E-state index is -0.0302. The Hall–Kier alpha value is -2.05. The predicted octanol–water partition coefficient (Wildman–Crippen LogP) is 8.96. The Morgan fingerprint density at radius 3 is 1.53 bits per heavy atom. The van der Waals surface area contributed by atoms with Crippen LogP contribution in [-0.4, -0.2) is 20.4 Å². The molecule has 0 saturated carbocycles. The Balaban J connectivity index is 0.000000200. The van der Waals surface area contributed by atoms with Crippen molar-refractivity contribution in [1.29, 1.82) is 0 Å². The van der Waals surface area contributed by atoms with Gasteiger partial charge in [-0.1, -0.05) is 24.3 Å². The Morgan fingerprint density at radius 1 is 0.722 bits per heavy atom. The van der Waals surface area contributed by atoms with Gasteiger partial charge in [0.1, 0.15) is 5.69 Å². The molecule has 0 aliphatic carbocycles. The topological polar surface area (TPSA) is 82.6 Å². The van der Waals surface area contributed by atoms with Crippen LogP contribution in [0.1, 0.15) is 0 Å². The number of thiocarbonyl (C=S) groups is 2. The molecule has 0 amide bonds. The zero-order valence-corrected chi connectivity index (χ0v) is 26.1. The van der Waals surface area contributed by atoms with Crippen LogP contribution in [0.25, 0.3) is 0 Å². The van der Waals surface area contributed by atoms with Crippen LogP contribution >= 0.6 is 88.2 Å². The molecule has 0 fully saturated rings. The number of hydrogen-bond acceptors (Lipinski definition) is 8. The van der Waals surface area contributed by atoms with E-state index in [9.17, 15) is 0 Å². The smallest absolute Gasteiger partial charge is 0.366 e. The monoisotopic (exact) mass is 772 g/mol. The van der Waals surface area contributed by atoms with E-state index in [1.54, 1.807) is 48.8 Å². The van der Waals surface area contributed by atoms with Crippen molar-refractivity contribution >= 4 is 110 Å². The molecule has 2 aromatic heterocycles. The molecular weight excluding hydrogens is 760 g/mol. The quantitative estimate of drug-likeness (QED) is 0.126. The lowest BCUT2D eigenvalue weighted by molar-refractivity contribution is 0.386. The summed E-state index contributed by atoms with van der Waals surface area (Å²) < 4.78 is 14.0. The third-order valence-corrected chi connectivity index (χ3v) is 6.67. The second kappa shape index (κ2) is 16.6. The molecule has 0 unspecified atom stereocenters. The molecule has 12 heteroatoms. The second-order valence-electron chi connectivity index (χ2n) is 6.20. The molecule has 6 nitrogen and oxygen atoms in total. The van der Waals surface area contributed by atoms with E-state index in [1.807, 2.05) is 36.4 Å². The average molecular weight is 776 g/mol. The van der Waals surface area contributed by atoms with E-state index >= 15 is 0 Å². The fourth-order valence-electron chi connectivity index (χ4n) is 2.16. The van der Waals surface area contributed by atoms with E-state index in [1.165, 1.54) is 0 Å². The van der Waals surface area contributed by atoms with Crippen LogP contribution in [0.3, 0.4) is 0 Å². The normalized spacial score (nSPS) is 9.33. The van der Waals surface area contributed by atoms with Gasteiger partial charge in [-0.2, -0.15) is 4.99 Å². The molecule has 0 atom stereocenters. The van der Waals surface area contributed by atoms with Crippen molar-refractivity contribution in [2.24, 2.45) is 4.99 Å². The molecule has 0 aliphatic heterocycles. The molecule has 36 heavy (non-hydrogen) atoms. The van der Waals surface area contributed by atoms with Gasteiger partial charge in [0.05, 0.1) is 10.8 Å². The van der Waals surface area contributed by atoms with Crippen LogP contribution in [0.5, 0.6) is 11.8 Å². The first kappa shape index (κ1) is 30.2. The molecule has 0 bridgehead atoms. The molecular formula is C24H16Br4N4O2S2. The van der Waals surface area contributed by atoms with Gasteiger partial charge in [-0.15, -0.1) is 0 Å². The summed E-state index contributed by atoms with van der Waals surface area (Å²) in [4.78, 5) is 11.8. The first-order chi connectivity index (χ1) is 17.3. The summed E-state index contributed by atoms with van der Waals surface area (Å²) in [6.07, 6.45) is 3.22. The number of aromatic nitrogens is 2. The number of ether oxygens (including phenoxy) is 2. The molecule has 4 aromatic rings. The van der Waals surface area contributed by atoms with Crippen molar-refractivity contribution in [3.8, 4) is 11.8 Å². The summed E-state index contributed by atoms with van der Waals surface area (Å²) in [5.74, 6) is 0.784. The van der Waals surface area contributed by atoms with Crippen LogP contribution in [0.15, 0.2) is 108 Å². The highest BCUT2D eigenvalue weighted by Gasteiger charge is 2.04. The molecule has 2 N–H and O–H groups in total. The number of rotatable bonds is 3. The fraction of sp³-hybridized carbons (Fsp3) is 0. The first-order valence-corrected chi connectivity index (χ1v) is 13.7. The van der Waals surface area contributed by atoms with Gasteiger partial charge < -0.3 is 15.2 Å². The molecule has 184 valence electrons. The highest BCUT2D eigenvalue weighted by Crippen LogP contribution is 2.32. The fourth-order valence-corrected chi connectivity index (χ4v) is 4.59. The van der Waals surface area contributed by atoms with E-state index < -0.39 is 0 Å². The van der Waals surface area contributed by atoms with Crippen molar-refractivity contribution in [2.45, 2.75) is 0 Å². The number of isothiocyanates is 1. The number of anilines is 1. The largest absolute Gasteiger partial charge is 0.398 e. The van der Waals surface area contributed by atoms with E-state index in [0.29, 0.717) is 11.8 Å². The number of aliphatic imine (C=N–C) groups is 1. The number of benzene rings is 2. The van der Waals surface area contributed by atoms with Crippen molar-refractivity contribution in [1.82, 2.24) is 9.97 Å². The Labute approximate surface area is 252 Å². The zero-order valence-electron chi connectivity index (χ0n) is 18.1. The van der Waals surface area contributed by atoms with Crippen LogP contribution in [0.2, 0.25) is 0 Å². The molecule has 2 heterocycles. The van der Waals surface area contributed by atoms with Gasteiger partial charge in [-0.3, -0.25) is 0 Å². The number of hydrogen-bond donors (Lipinski definition) is 1. The lowest BCUT2D eigenvalue weighted by Crippen LogP contribution is -2.14. The van der Waals surface area contributed by atoms with Gasteiger partial charge in [-0.05, 0) is 112 Å². The summed E-state index contributed by atoms with van der Waals surface area (Å²) >= 11 is 22.6. The first-order valence-electron chi connectivity index (χ1n) is 9.75. The van der Waals surface area contributed by atoms with Crippen molar-refractivity contribution in [3.05, 3.63) is 103 Å². The van der Waals surface area contributed by atoms with Gasteiger partial charge in [-0.25, -0.2) is 9.97 Å². The highest BCUT2D eigenvalue weighted by atomic mass is 79.9. The summed E-state index contributed by atoms with van der Waals surface area (Å²) in [7, 11) is 0. The third-order valence-electron chi connectivity index (χ3n) is 3.75. The molecule has 0 aliphatic rings. The molecule has 0 radical (unpaired) electrons. The number of nitrogens with zero attached hydrogens (tertiary/aromatic N) is 3. The van der Waals surface area contributed by atoms with Crippen LogP contribution in [0, 0.1) is 0 Å². The van der Waals surface area contributed by atoms with Gasteiger partial charge >= 0.3 is 5.24 Å². The standard InChI is InChI=1S/C11H8N2O2S.C7H3Br2NS.C6H5Br2N/c16-11(14-9-5-1-3-7-12-9)15-10-6-2-4-8-13-10;8-5-2-1-3-6(9)7(5)10-4-11;7-4-2-1-3-5(8)6(4)9/h1-8H;1-3H;1-3H,9H2. The van der Waals surface area contributed by atoms with Crippen molar-refractivity contribution in [3.63, 3.8) is 0 Å². The summed E-state index contributed by atoms with van der Waals surface area (Å²) in [6, 6.07) is 22.0. The van der Waals surface area contributed by atoms with Crippen LogP contribution in [-0.2, 0) is 0 Å². The number of nitrogen functional groups attached to an aromatic ring is 1. The Kier molecular flexibility index (Phi) is 14.0. The lowest BCUT2D eigenvalue weighted by atomic mass is 10.3. The SMILES string of the molecule is Nc1c(Br)cccc1Br.S=C(Oc1ccccn1)Oc1ccccn1.S=C=Nc1c(Br)cccc1Br. The van der Waals surface area contributed by atoms with Crippen LogP contribution < -0.4 is 15.2 Å². The predicted molar refractivity (Wildman–Crippen MR) is 165 cm³/mol. The number of halogens is 4. The lowest BCUT2D eigenvalue weighted by Gasteiger charge is -2.05. The van der Waals surface area contributed by atoms with Gasteiger partial charge in [0.15, 0.2) is 0 Å². The zero-order chi connectivity index (χ0) is 26.3. The van der Waals surface area contributed by atoms with Crippen molar-refractivity contribution in [2.75, 3.05) is 5.73 Å². The molecule has 2 aromatic carbocycles. The third kappa shape index (κ3) is 10.9. The molecule has 0 saturated heterocycles. The maximum atomic E-state index is 5.59. The Morgan fingerprint density at radius 2 is 1.17 bits per heavy atom. The molecule has 0 spiro atoms. The number of para-hydroxylation sites is 2. The average Bonchev–Trinajstić information content (AvgIpc) is 2.87. The van der Waals surface area contributed by atoms with Gasteiger partial charge in [0.25, 0.3) is 0 Å². The highest BCUT2D eigenvalue weighted by molar-refractivity contribution is 9.11. The maximum Gasteiger partial charge on any atom is 0.366 e. The summed E-state index contributed by atoms with van der Waals surface area (Å²) in [6.45, 7) is 0.